The third kappa shape index (κ3) is 2.10. The third-order valence-corrected chi connectivity index (χ3v) is 4.59. The van der Waals surface area contributed by atoms with Gasteiger partial charge in [0.25, 0.3) is 0 Å². The van der Waals surface area contributed by atoms with Crippen LogP contribution in [0.15, 0.2) is 29.0 Å². The van der Waals surface area contributed by atoms with Crippen molar-refractivity contribution >= 4 is 27.0 Å². The minimum atomic E-state index is 0.215. The molecule has 1 atom stereocenters. The second kappa shape index (κ2) is 4.96. The van der Waals surface area contributed by atoms with Gasteiger partial charge in [0.2, 0.25) is 0 Å². The van der Waals surface area contributed by atoms with Crippen LogP contribution in [0.4, 0.5) is 0 Å². The average Bonchev–Trinajstić information content (AvgIpc) is 3.09. The summed E-state index contributed by atoms with van der Waals surface area (Å²) in [5.41, 5.74) is 4.56. The first-order valence-electron chi connectivity index (χ1n) is 7.16. The average molecular weight is 346 g/mol. The van der Waals surface area contributed by atoms with E-state index in [0.717, 1.165) is 41.0 Å². The minimum Gasteiger partial charge on any atom is -0.347 e. The number of rotatable bonds is 2. The van der Waals surface area contributed by atoms with Gasteiger partial charge in [-0.3, -0.25) is 0 Å². The molecule has 108 valence electrons. The molecule has 21 heavy (non-hydrogen) atoms. The number of hydrogen-bond donors (Lipinski definition) is 2. The van der Waals surface area contributed by atoms with Crippen LogP contribution in [0.5, 0.6) is 0 Å². The van der Waals surface area contributed by atoms with Gasteiger partial charge in [0.05, 0.1) is 34.8 Å². The van der Waals surface area contributed by atoms with Crippen molar-refractivity contribution in [1.82, 2.24) is 24.8 Å². The molecule has 1 aliphatic heterocycles. The van der Waals surface area contributed by atoms with Crippen LogP contribution in [0, 0.1) is 0 Å². The fraction of sp³-hybridized carbons (Fsp3) is 0.333. The number of halogens is 1. The summed E-state index contributed by atoms with van der Waals surface area (Å²) < 4.78 is 3.35. The SMILES string of the molecule is CCn1c(C2Cc3nc[nH]c3CN2)nc2cc(Br)ccc21. The van der Waals surface area contributed by atoms with Gasteiger partial charge < -0.3 is 14.9 Å². The van der Waals surface area contributed by atoms with E-state index in [1.807, 2.05) is 0 Å². The lowest BCUT2D eigenvalue weighted by molar-refractivity contribution is 0.452. The molecule has 4 rings (SSSR count). The van der Waals surface area contributed by atoms with Crippen molar-refractivity contribution in [2.75, 3.05) is 0 Å². The maximum atomic E-state index is 4.86. The van der Waals surface area contributed by atoms with Crippen molar-refractivity contribution in [3.8, 4) is 0 Å². The molecule has 0 fully saturated rings. The molecule has 2 aromatic heterocycles. The summed E-state index contributed by atoms with van der Waals surface area (Å²) >= 11 is 3.52. The number of nitrogens with one attached hydrogen (secondary N) is 2. The highest BCUT2D eigenvalue weighted by Gasteiger charge is 2.25. The molecule has 0 bridgehead atoms. The number of hydrogen-bond acceptors (Lipinski definition) is 3. The number of H-pyrrole nitrogens is 1. The zero-order chi connectivity index (χ0) is 14.4. The highest BCUT2D eigenvalue weighted by atomic mass is 79.9. The number of fused-ring (bicyclic) bond motifs is 2. The number of aryl methyl sites for hydroxylation is 1. The summed E-state index contributed by atoms with van der Waals surface area (Å²) in [6.07, 6.45) is 2.65. The minimum absolute atomic E-state index is 0.215. The van der Waals surface area contributed by atoms with Crippen LogP contribution in [0.25, 0.3) is 11.0 Å². The van der Waals surface area contributed by atoms with E-state index in [1.165, 1.54) is 11.2 Å². The predicted molar refractivity (Wildman–Crippen MR) is 85.0 cm³/mol. The summed E-state index contributed by atoms with van der Waals surface area (Å²) in [4.78, 5) is 12.5. The Morgan fingerprint density at radius 2 is 2.33 bits per heavy atom. The molecule has 0 spiro atoms. The van der Waals surface area contributed by atoms with Crippen LogP contribution >= 0.6 is 15.9 Å². The number of aromatic amines is 1. The highest BCUT2D eigenvalue weighted by molar-refractivity contribution is 9.10. The van der Waals surface area contributed by atoms with E-state index in [1.54, 1.807) is 6.33 Å². The second-order valence-electron chi connectivity index (χ2n) is 5.31. The van der Waals surface area contributed by atoms with Gasteiger partial charge in [0.1, 0.15) is 5.82 Å². The van der Waals surface area contributed by atoms with Crippen LogP contribution in [0.1, 0.15) is 30.2 Å². The van der Waals surface area contributed by atoms with E-state index in [9.17, 15) is 0 Å². The second-order valence-corrected chi connectivity index (χ2v) is 6.23. The molecule has 3 heterocycles. The molecule has 2 N–H and O–H groups in total. The highest BCUT2D eigenvalue weighted by Crippen LogP contribution is 2.28. The van der Waals surface area contributed by atoms with Crippen LogP contribution in [0.2, 0.25) is 0 Å². The molecule has 1 aliphatic rings. The van der Waals surface area contributed by atoms with E-state index in [0.29, 0.717) is 0 Å². The van der Waals surface area contributed by atoms with E-state index < -0.39 is 0 Å². The van der Waals surface area contributed by atoms with Crippen LogP contribution in [-0.4, -0.2) is 19.5 Å². The summed E-state index contributed by atoms with van der Waals surface area (Å²) in [6.45, 7) is 3.89. The zero-order valence-corrected chi connectivity index (χ0v) is 13.3. The Morgan fingerprint density at radius 1 is 1.43 bits per heavy atom. The molecule has 5 nitrogen and oxygen atoms in total. The first-order valence-corrected chi connectivity index (χ1v) is 7.95. The van der Waals surface area contributed by atoms with Crippen LogP contribution < -0.4 is 5.32 Å². The van der Waals surface area contributed by atoms with Crippen molar-refractivity contribution in [1.29, 1.82) is 0 Å². The Bertz CT molecular complexity index is 804. The molecule has 3 aromatic rings. The lowest BCUT2D eigenvalue weighted by Gasteiger charge is -2.23. The predicted octanol–water partition coefficient (Wildman–Crippen LogP) is 2.93. The monoisotopic (exact) mass is 345 g/mol. The molecule has 0 radical (unpaired) electrons. The lowest BCUT2D eigenvalue weighted by Crippen LogP contribution is -2.30. The van der Waals surface area contributed by atoms with E-state index in [2.05, 4.69) is 60.9 Å². The van der Waals surface area contributed by atoms with Gasteiger partial charge in [0.15, 0.2) is 0 Å². The number of benzene rings is 1. The Kier molecular flexibility index (Phi) is 3.08. The van der Waals surface area contributed by atoms with Gasteiger partial charge in [-0.15, -0.1) is 0 Å². The molecule has 0 saturated carbocycles. The molecule has 1 unspecified atom stereocenters. The maximum absolute atomic E-state index is 4.86. The Hall–Kier alpha value is -1.66. The number of imidazole rings is 2. The van der Waals surface area contributed by atoms with Crippen molar-refractivity contribution in [3.05, 3.63) is 46.2 Å². The smallest absolute Gasteiger partial charge is 0.127 e. The summed E-state index contributed by atoms with van der Waals surface area (Å²) in [5.74, 6) is 1.10. The van der Waals surface area contributed by atoms with Gasteiger partial charge >= 0.3 is 0 Å². The van der Waals surface area contributed by atoms with Gasteiger partial charge in [-0.25, -0.2) is 9.97 Å². The van der Waals surface area contributed by atoms with Gasteiger partial charge in [-0.05, 0) is 25.1 Å². The van der Waals surface area contributed by atoms with Crippen LogP contribution in [-0.2, 0) is 19.5 Å². The largest absolute Gasteiger partial charge is 0.347 e. The van der Waals surface area contributed by atoms with Gasteiger partial charge in [-0.1, -0.05) is 15.9 Å². The van der Waals surface area contributed by atoms with Gasteiger partial charge in [-0.2, -0.15) is 0 Å². The fourth-order valence-electron chi connectivity index (χ4n) is 3.07. The molecule has 1 aromatic carbocycles. The zero-order valence-electron chi connectivity index (χ0n) is 11.7. The fourth-order valence-corrected chi connectivity index (χ4v) is 3.42. The van der Waals surface area contributed by atoms with E-state index >= 15 is 0 Å². The lowest BCUT2D eigenvalue weighted by atomic mass is 10.0. The molecular weight excluding hydrogens is 330 g/mol. The summed E-state index contributed by atoms with van der Waals surface area (Å²) in [6, 6.07) is 6.49. The summed E-state index contributed by atoms with van der Waals surface area (Å²) in [7, 11) is 0. The number of aromatic nitrogens is 4. The third-order valence-electron chi connectivity index (χ3n) is 4.10. The quantitative estimate of drug-likeness (QED) is 0.750. The Labute approximate surface area is 130 Å². The maximum Gasteiger partial charge on any atom is 0.127 e. The van der Waals surface area contributed by atoms with E-state index in [4.69, 9.17) is 4.98 Å². The van der Waals surface area contributed by atoms with Crippen molar-refractivity contribution in [3.63, 3.8) is 0 Å². The van der Waals surface area contributed by atoms with Crippen molar-refractivity contribution < 1.29 is 0 Å². The molecule has 0 saturated heterocycles. The topological polar surface area (TPSA) is 58.5 Å². The van der Waals surface area contributed by atoms with Crippen molar-refractivity contribution in [2.24, 2.45) is 0 Å². The standard InChI is InChI=1S/C15H16BrN5/c1-2-21-14-4-3-9(16)5-11(14)20-15(21)12-6-10-13(7-17-12)19-8-18-10/h3-5,8,12,17H,2,6-7H2,1H3,(H,18,19). The first kappa shape index (κ1) is 13.0. The Morgan fingerprint density at radius 3 is 3.19 bits per heavy atom. The molecule has 0 amide bonds. The van der Waals surface area contributed by atoms with Crippen molar-refractivity contribution in [2.45, 2.75) is 32.5 Å². The molecular formula is C15H16BrN5. The van der Waals surface area contributed by atoms with E-state index in [-0.39, 0.29) is 6.04 Å². The van der Waals surface area contributed by atoms with Gasteiger partial charge in [0, 0.05) is 24.0 Å². The summed E-state index contributed by atoms with van der Waals surface area (Å²) in [5, 5.41) is 3.56. The molecule has 6 heteroatoms. The normalized spacial score (nSPS) is 18.1. The molecule has 0 aliphatic carbocycles. The number of nitrogens with zero attached hydrogens (tertiary/aromatic N) is 3. The first-order chi connectivity index (χ1) is 10.3. The van der Waals surface area contributed by atoms with Crippen LogP contribution in [0.3, 0.4) is 0 Å². The Balaban J connectivity index is 1.80.